The Morgan fingerprint density at radius 3 is 2.87 bits per heavy atom. The van der Waals surface area contributed by atoms with Gasteiger partial charge in [-0.1, -0.05) is 19.8 Å². The highest BCUT2D eigenvalue weighted by Crippen LogP contribution is 2.62. The smallest absolute Gasteiger partial charge is 0.310 e. The van der Waals surface area contributed by atoms with E-state index >= 15 is 0 Å². The Labute approximate surface area is 185 Å². The molecule has 5 heteroatoms. The lowest BCUT2D eigenvalue weighted by molar-refractivity contribution is -0.147. The SMILES string of the molecule is C[C@]12CCC[C@]3(CO3)[C@H]1C[C@H]1[C@@H](C2)OC(=O)[C@@H]1CN[C@H]1CCCC[C@@H]1Cc1ccco1. The molecule has 3 heterocycles. The van der Waals surface area contributed by atoms with Gasteiger partial charge in [0.05, 0.1) is 24.4 Å². The normalized spacial score (nSPS) is 46.4. The van der Waals surface area contributed by atoms with Crippen LogP contribution in [0.15, 0.2) is 22.8 Å². The molecule has 3 aliphatic carbocycles. The maximum absolute atomic E-state index is 12.9. The summed E-state index contributed by atoms with van der Waals surface area (Å²) in [5.41, 5.74) is 0.398. The van der Waals surface area contributed by atoms with Gasteiger partial charge in [-0.3, -0.25) is 4.79 Å². The van der Waals surface area contributed by atoms with Gasteiger partial charge in [-0.05, 0) is 74.3 Å². The van der Waals surface area contributed by atoms with E-state index in [1.165, 1.54) is 44.9 Å². The Balaban J connectivity index is 1.13. The molecular formula is C26H37NO4. The largest absolute Gasteiger partial charge is 0.469 e. The van der Waals surface area contributed by atoms with Crippen LogP contribution >= 0.6 is 0 Å². The first kappa shape index (κ1) is 20.3. The Morgan fingerprint density at radius 2 is 2.06 bits per heavy atom. The fourth-order valence-electron chi connectivity index (χ4n) is 7.88. The van der Waals surface area contributed by atoms with Gasteiger partial charge in [-0.15, -0.1) is 0 Å². The second-order valence-electron chi connectivity index (χ2n) is 11.4. The Hall–Kier alpha value is -1.33. The number of esters is 1. The zero-order valence-corrected chi connectivity index (χ0v) is 18.8. The Morgan fingerprint density at radius 1 is 1.19 bits per heavy atom. The van der Waals surface area contributed by atoms with Crippen molar-refractivity contribution < 1.29 is 18.7 Å². The molecule has 31 heavy (non-hydrogen) atoms. The van der Waals surface area contributed by atoms with Gasteiger partial charge in [0.1, 0.15) is 11.9 Å². The molecule has 6 rings (SSSR count). The van der Waals surface area contributed by atoms with Crippen molar-refractivity contribution in [3.8, 4) is 0 Å². The molecule has 0 bridgehead atoms. The quantitative estimate of drug-likeness (QED) is 0.554. The molecule has 0 unspecified atom stereocenters. The van der Waals surface area contributed by atoms with Crippen LogP contribution in [0.5, 0.6) is 0 Å². The number of nitrogens with one attached hydrogen (secondary N) is 1. The van der Waals surface area contributed by atoms with Crippen LogP contribution in [0.25, 0.3) is 0 Å². The predicted octanol–water partition coefficient (Wildman–Crippen LogP) is 4.50. The molecular weight excluding hydrogens is 390 g/mol. The summed E-state index contributed by atoms with van der Waals surface area (Å²) in [5, 5.41) is 3.83. The Kier molecular flexibility index (Phi) is 4.99. The van der Waals surface area contributed by atoms with Crippen molar-refractivity contribution >= 4 is 5.97 Å². The maximum atomic E-state index is 12.9. The lowest BCUT2D eigenvalue weighted by atomic mass is 9.53. The van der Waals surface area contributed by atoms with Crippen molar-refractivity contribution in [3.63, 3.8) is 0 Å². The van der Waals surface area contributed by atoms with E-state index in [2.05, 4.69) is 18.3 Å². The summed E-state index contributed by atoms with van der Waals surface area (Å²) in [6, 6.07) is 4.53. The minimum absolute atomic E-state index is 0.00142. The molecule has 0 radical (unpaired) electrons. The van der Waals surface area contributed by atoms with Gasteiger partial charge in [0.2, 0.25) is 0 Å². The molecule has 2 saturated heterocycles. The van der Waals surface area contributed by atoms with Crippen molar-refractivity contribution in [3.05, 3.63) is 24.2 Å². The summed E-state index contributed by atoms with van der Waals surface area (Å²) in [6.45, 7) is 4.12. The predicted molar refractivity (Wildman–Crippen MR) is 116 cm³/mol. The third kappa shape index (κ3) is 3.56. The lowest BCUT2D eigenvalue weighted by Gasteiger charge is -2.51. The summed E-state index contributed by atoms with van der Waals surface area (Å²) in [7, 11) is 0. The van der Waals surface area contributed by atoms with Crippen LogP contribution in [-0.4, -0.2) is 36.9 Å². The number of epoxide rings is 1. The molecule has 1 aromatic heterocycles. The van der Waals surface area contributed by atoms with Crippen molar-refractivity contribution in [1.82, 2.24) is 5.32 Å². The standard InChI is InChI=1S/C26H37NO4/c1-25-9-5-10-26(16-30-26)23(25)13-19-20(24(28)31-22(19)14-25)15-27-21-8-3-2-6-17(21)12-18-7-4-11-29-18/h4,7,11,17,19-23,27H,2-3,5-6,8-10,12-16H2,1H3/t17-,19-,20-,21+,22-,23+,25-,26+/m1/s1. The third-order valence-corrected chi connectivity index (χ3v) is 9.63. The highest BCUT2D eigenvalue weighted by molar-refractivity contribution is 5.75. The summed E-state index contributed by atoms with van der Waals surface area (Å²) in [5.74, 6) is 2.65. The number of ether oxygens (including phenoxy) is 2. The van der Waals surface area contributed by atoms with Gasteiger partial charge in [0.25, 0.3) is 0 Å². The van der Waals surface area contributed by atoms with Gasteiger partial charge >= 0.3 is 5.97 Å². The molecule has 0 amide bonds. The van der Waals surface area contributed by atoms with E-state index in [-0.39, 0.29) is 29.0 Å². The van der Waals surface area contributed by atoms with E-state index in [4.69, 9.17) is 13.9 Å². The molecule has 1 spiro atoms. The van der Waals surface area contributed by atoms with Gasteiger partial charge in [-0.2, -0.15) is 0 Å². The molecule has 170 valence electrons. The first-order valence-corrected chi connectivity index (χ1v) is 12.7. The van der Waals surface area contributed by atoms with Crippen molar-refractivity contribution in [1.29, 1.82) is 0 Å². The van der Waals surface area contributed by atoms with Crippen molar-refractivity contribution in [2.45, 2.75) is 88.9 Å². The van der Waals surface area contributed by atoms with Crippen molar-refractivity contribution in [2.24, 2.45) is 29.1 Å². The topological polar surface area (TPSA) is 64.0 Å². The third-order valence-electron chi connectivity index (χ3n) is 9.63. The Bertz CT molecular complexity index is 802. The number of fused-ring (bicyclic) bond motifs is 3. The summed E-state index contributed by atoms with van der Waals surface area (Å²) in [6.07, 6.45) is 13.7. The molecule has 5 nitrogen and oxygen atoms in total. The molecule has 5 aliphatic rings. The van der Waals surface area contributed by atoms with E-state index in [1.54, 1.807) is 6.26 Å². The van der Waals surface area contributed by atoms with E-state index in [0.717, 1.165) is 38.2 Å². The van der Waals surface area contributed by atoms with Crippen LogP contribution in [-0.2, 0) is 20.7 Å². The van der Waals surface area contributed by atoms with Crippen LogP contribution in [0.1, 0.15) is 70.5 Å². The van der Waals surface area contributed by atoms with Crippen LogP contribution in [0.4, 0.5) is 0 Å². The number of furan rings is 1. The fourth-order valence-corrected chi connectivity index (χ4v) is 7.88. The number of hydrogen-bond acceptors (Lipinski definition) is 5. The van der Waals surface area contributed by atoms with E-state index < -0.39 is 0 Å². The molecule has 3 saturated carbocycles. The maximum Gasteiger partial charge on any atom is 0.310 e. The molecule has 8 atom stereocenters. The first-order valence-electron chi connectivity index (χ1n) is 12.7. The minimum atomic E-state index is -0.00142. The monoisotopic (exact) mass is 427 g/mol. The molecule has 0 aromatic carbocycles. The van der Waals surface area contributed by atoms with Crippen LogP contribution in [0, 0.1) is 29.1 Å². The second kappa shape index (κ2) is 7.62. The second-order valence-corrected chi connectivity index (χ2v) is 11.4. The molecule has 1 N–H and O–H groups in total. The average Bonchev–Trinajstić information content (AvgIpc) is 3.19. The number of carbonyl (C=O) groups excluding carboxylic acids is 1. The van der Waals surface area contributed by atoms with Crippen LogP contribution < -0.4 is 5.32 Å². The summed E-state index contributed by atoms with van der Waals surface area (Å²) < 4.78 is 17.7. The minimum Gasteiger partial charge on any atom is -0.469 e. The van der Waals surface area contributed by atoms with Gasteiger partial charge in [-0.25, -0.2) is 0 Å². The van der Waals surface area contributed by atoms with Crippen molar-refractivity contribution in [2.75, 3.05) is 13.2 Å². The number of carbonyl (C=O) groups is 1. The van der Waals surface area contributed by atoms with E-state index in [0.29, 0.717) is 23.8 Å². The van der Waals surface area contributed by atoms with Crippen LogP contribution in [0.2, 0.25) is 0 Å². The van der Waals surface area contributed by atoms with Gasteiger partial charge < -0.3 is 19.2 Å². The first-order chi connectivity index (χ1) is 15.1. The summed E-state index contributed by atoms with van der Waals surface area (Å²) in [4.78, 5) is 12.9. The fraction of sp³-hybridized carbons (Fsp3) is 0.808. The van der Waals surface area contributed by atoms with E-state index in [1.807, 2.05) is 6.07 Å². The highest BCUT2D eigenvalue weighted by Gasteiger charge is 2.65. The van der Waals surface area contributed by atoms with Gasteiger partial charge in [0.15, 0.2) is 0 Å². The van der Waals surface area contributed by atoms with E-state index in [9.17, 15) is 4.79 Å². The molecule has 2 aliphatic heterocycles. The average molecular weight is 428 g/mol. The number of hydrogen-bond donors (Lipinski definition) is 1. The number of rotatable bonds is 5. The van der Waals surface area contributed by atoms with Gasteiger partial charge in [0, 0.05) is 24.9 Å². The highest BCUT2D eigenvalue weighted by atomic mass is 16.6. The molecule has 1 aromatic rings. The summed E-state index contributed by atoms with van der Waals surface area (Å²) >= 11 is 0. The molecule has 5 fully saturated rings. The zero-order chi connectivity index (χ0) is 21.1. The zero-order valence-electron chi connectivity index (χ0n) is 18.8. The van der Waals surface area contributed by atoms with Crippen LogP contribution in [0.3, 0.4) is 0 Å². The lowest BCUT2D eigenvalue weighted by Crippen LogP contribution is -2.51.